The summed E-state index contributed by atoms with van der Waals surface area (Å²) in [7, 11) is 0. The lowest BCUT2D eigenvalue weighted by Crippen LogP contribution is -2.27. The molecule has 0 aromatic rings. The molecule has 0 aliphatic heterocycles. The Kier molecular flexibility index (Phi) is 154. The lowest BCUT2D eigenvalue weighted by atomic mass is 10.1. The van der Waals surface area contributed by atoms with E-state index in [1.165, 1.54) is 37.6 Å². The Morgan fingerprint density at radius 3 is 0.930 bits per heavy atom. The molecule has 0 fully saturated rings. The Morgan fingerprint density at radius 2 is 0.684 bits per heavy atom. The SMILES string of the molecule is C.C/C(=N\NC(=N)N)C(C)C.C/C(CC(C)C)=N\NC(=N)N.C/C=C/C=N/NC(=N)N.C=C(C)/C=N/NC(=N)N.C=C/C=N/NC(=N)N.CC(C)/C=N/NC(=N)N.CCC/C(C)=N/NC(=N)N.CCCC/C(C)=N/NC(=N)N.CCCCC/C(C)=N/NC(=N)N.O=COO.O=COO.O=COO.O=COO.O=COO.O=COO.[HH].[HH].[HH].[HH].[HH].[HH]. The van der Waals surface area contributed by atoms with Crippen molar-refractivity contribution >= 4 is 146 Å². The molecule has 0 aliphatic rings. The molecular weight excluding hydrogens is 1510 g/mol. The number of carbonyl (C=O) groups excluding carboxylic acids is 6. The Balaban J connectivity index is -0.0000000433. The molecule has 0 radical (unpaired) electrons. The third-order valence-electron chi connectivity index (χ3n) is 8.20. The molecule has 42 N–H and O–H groups in total. The van der Waals surface area contributed by atoms with Crippen molar-refractivity contribution < 1.29 is 98.2 Å². The van der Waals surface area contributed by atoms with Crippen LogP contribution in [0.5, 0.6) is 0 Å². The van der Waals surface area contributed by atoms with E-state index in [0.717, 1.165) is 85.5 Å². The minimum absolute atomic E-state index is 0. The van der Waals surface area contributed by atoms with Gasteiger partial charge in [-0.05, 0) is 122 Å². The van der Waals surface area contributed by atoms with Crippen LogP contribution in [0.1, 0.15) is 191 Å². The molecule has 0 rings (SSSR count). The number of hydrogen-bond donors (Lipinski definition) is 33. The second-order valence-electron chi connectivity index (χ2n) is 20.1. The number of unbranched alkanes of at least 4 members (excludes halogenated alkanes) is 3. The van der Waals surface area contributed by atoms with Crippen LogP contribution in [-0.4, -0.2) is 177 Å². The zero-order chi connectivity index (χ0) is 91.6. The molecule has 54 nitrogen and oxygen atoms in total. The van der Waals surface area contributed by atoms with Crippen LogP contribution in [0.3, 0.4) is 0 Å². The van der Waals surface area contributed by atoms with Crippen LogP contribution in [0, 0.1) is 66.4 Å². The molecule has 54 heteroatoms. The molecule has 0 unspecified atom stereocenters. The fourth-order valence-corrected chi connectivity index (χ4v) is 3.99. The first-order valence-electron chi connectivity index (χ1n) is 31.8. The van der Waals surface area contributed by atoms with Crippen LogP contribution < -0.4 is 100 Å². The van der Waals surface area contributed by atoms with E-state index in [1.807, 2.05) is 75.3 Å². The van der Waals surface area contributed by atoms with Crippen molar-refractivity contribution in [1.29, 1.82) is 48.7 Å². The fourth-order valence-electron chi connectivity index (χ4n) is 3.99. The molecule has 0 aromatic heterocycles. The third kappa shape index (κ3) is 256. The van der Waals surface area contributed by atoms with Crippen LogP contribution in [0.4, 0.5) is 0 Å². The molecule has 0 amide bonds. The second kappa shape index (κ2) is 126. The summed E-state index contributed by atoms with van der Waals surface area (Å²) < 4.78 is 0. The van der Waals surface area contributed by atoms with Gasteiger partial charge in [0, 0.05) is 62.0 Å². The number of hydrazone groups is 9. The number of nitrogens with zero attached hydrogens (tertiary/aromatic N) is 9. The summed E-state index contributed by atoms with van der Waals surface area (Å²) in [5.41, 5.74) is 71.4. The number of rotatable bonds is 31. The van der Waals surface area contributed by atoms with Gasteiger partial charge in [0.2, 0.25) is 53.6 Å². The Labute approximate surface area is 674 Å². The van der Waals surface area contributed by atoms with E-state index in [4.69, 9.17) is 161 Å². The topological polar surface area (TPSA) is 948 Å². The Hall–Kier alpha value is -13.7. The monoisotopic (exact) mass is 1660 g/mol. The zero-order valence-corrected chi connectivity index (χ0v) is 67.0. The number of allylic oxidation sites excluding steroid dienone is 4. The summed E-state index contributed by atoms with van der Waals surface area (Å²) in [5, 5.41) is 136. The van der Waals surface area contributed by atoms with Gasteiger partial charge in [-0.15, -0.1) is 0 Å². The summed E-state index contributed by atoms with van der Waals surface area (Å²) in [6.07, 6.45) is 21.9. The molecule has 0 bridgehead atoms. The molecule has 0 spiro atoms. The third-order valence-corrected chi connectivity index (χ3v) is 8.20. The van der Waals surface area contributed by atoms with E-state index in [1.54, 1.807) is 19.2 Å². The highest BCUT2D eigenvalue weighted by Crippen LogP contribution is 2.01. The molecule has 0 aliphatic carbocycles. The maximum atomic E-state index is 8.70. The molecule has 0 saturated carbocycles. The minimum Gasteiger partial charge on any atom is -0.369 e. The summed E-state index contributed by atoms with van der Waals surface area (Å²) in [6, 6.07) is 0. The van der Waals surface area contributed by atoms with Crippen LogP contribution in [0.15, 0.2) is 82.9 Å². The predicted octanol–water partition coefficient (Wildman–Crippen LogP) is 4.22. The first-order valence-corrected chi connectivity index (χ1v) is 31.8. The van der Waals surface area contributed by atoms with Crippen molar-refractivity contribution in [3.05, 3.63) is 37.0 Å². The fraction of sp³-hybridized carbons (Fsp3) is 0.500. The maximum absolute atomic E-state index is 8.70. The molecular formula is C60H146N36O18. The summed E-state index contributed by atoms with van der Waals surface area (Å²) in [5.74, 6) is 0.156. The van der Waals surface area contributed by atoms with E-state index < -0.39 is 0 Å². The number of guanidine groups is 9. The van der Waals surface area contributed by atoms with Crippen molar-refractivity contribution in [2.75, 3.05) is 0 Å². The van der Waals surface area contributed by atoms with Gasteiger partial charge < -0.3 is 80.9 Å². The second-order valence-corrected chi connectivity index (χ2v) is 20.1. The number of nitrogens with two attached hydrogens (primary N) is 9. The number of hydrogen-bond acceptors (Lipinski definition) is 36. The molecule has 114 heavy (non-hydrogen) atoms. The van der Waals surface area contributed by atoms with Crippen LogP contribution >= 0.6 is 0 Å². The van der Waals surface area contributed by atoms with E-state index in [-0.39, 0.29) is 108 Å². The normalized spacial score (nSPS) is 9.61. The Bertz CT molecular complexity index is 2720. The molecule has 0 aromatic carbocycles. The number of carbonyl (C=O) groups is 6. The maximum Gasteiger partial charge on any atom is 0.330 e. The van der Waals surface area contributed by atoms with Gasteiger partial charge in [-0.3, -0.25) is 77.5 Å². The van der Waals surface area contributed by atoms with Crippen molar-refractivity contribution in [2.24, 2.45) is 115 Å². The summed E-state index contributed by atoms with van der Waals surface area (Å²) in [4.78, 5) is 69.4. The highest BCUT2D eigenvalue weighted by atomic mass is 17.1. The van der Waals surface area contributed by atoms with E-state index in [9.17, 15) is 0 Å². The van der Waals surface area contributed by atoms with E-state index >= 15 is 0 Å². The van der Waals surface area contributed by atoms with Gasteiger partial charge in [0.1, 0.15) is 0 Å². The van der Waals surface area contributed by atoms with Gasteiger partial charge in [0.25, 0.3) is 0 Å². The molecule has 0 heterocycles. The smallest absolute Gasteiger partial charge is 0.330 e. The first-order chi connectivity index (χ1) is 52.8. The average Bonchev–Trinajstić information content (AvgIpc) is 1.01. The van der Waals surface area contributed by atoms with Crippen molar-refractivity contribution in [3.63, 3.8) is 0 Å². The predicted molar refractivity (Wildman–Crippen MR) is 461 cm³/mol. The number of nitrogens with one attached hydrogen (secondary N) is 18. The van der Waals surface area contributed by atoms with Crippen LogP contribution in [0.2, 0.25) is 0 Å². The quantitative estimate of drug-likeness (QED) is 0.00878. The van der Waals surface area contributed by atoms with Crippen molar-refractivity contribution in [2.45, 2.75) is 182 Å². The lowest BCUT2D eigenvalue weighted by molar-refractivity contribution is -0.217. The zero-order valence-electron chi connectivity index (χ0n) is 67.0. The largest absolute Gasteiger partial charge is 0.369 e. The van der Waals surface area contributed by atoms with Gasteiger partial charge in [0.15, 0.2) is 0 Å². The lowest BCUT2D eigenvalue weighted by Gasteiger charge is -2.03. The van der Waals surface area contributed by atoms with Crippen LogP contribution in [0.25, 0.3) is 0 Å². The van der Waals surface area contributed by atoms with Crippen molar-refractivity contribution in [3.8, 4) is 0 Å². The Morgan fingerprint density at radius 1 is 0.412 bits per heavy atom. The standard InChI is InChI=1S/C8H18N4.2C7H16N4.2C6H14N4.C5H12N4.2C5H10N4.C4H8N4.6CH2O3.CH4.6H2/c1-3-4-5-6-7(2)11-12-8(9)10;1-5(2)4-6(3)10-11-7(8)9;1-3-4-5-6(2)10-11-7(8)9;1-4(2)5(3)9-10-6(7)8;1-3-4-5(2)9-10-6(7)8;2*1-4(2)3-8-9-5(6)7;1-2-3-4-8-9-5(6)7;1-2-3-7-8-4(5)6;6*2-1-4-3;;;;;;;/h3-6H2,1-2H3,(H4,9,10,12);5H,4H2,1-3H3,(H4,8,9,11);3-5H2,1-2H3,(H4,8,9,11);4H,1-3H3,(H4,7,8,10);3-4H2,1-2H3,(H4,7,8,10);3-4H,1-2H3,(H4,6,7,9);3H,1H2,2H3,(H4,6,7,9);2-4H,1H3,(H4,6,7,9);2-3H,1H2,(H4,5,6,8);6*1,3H;1H4;6*1H/b11-7+;2*10-6+;2*9-5+;2*8-3+;3-2+,8-4+;7-3+;;;;;;;;;;;;;. The first kappa shape index (κ1) is 139. The van der Waals surface area contributed by atoms with E-state index in [0.29, 0.717) is 17.8 Å². The summed E-state index contributed by atoms with van der Waals surface area (Å²) >= 11 is 0. The summed E-state index contributed by atoms with van der Waals surface area (Å²) in [6.45, 7) is 38.4. The van der Waals surface area contributed by atoms with Crippen LogP contribution in [-0.2, 0) is 58.1 Å². The highest BCUT2D eigenvalue weighted by Gasteiger charge is 1.98. The minimum atomic E-state index is -0.178. The average molecular weight is 1660 g/mol. The van der Waals surface area contributed by atoms with E-state index in [2.05, 4.69) is 172 Å². The highest BCUT2D eigenvalue weighted by molar-refractivity contribution is 5.87. The van der Waals surface area contributed by atoms with Gasteiger partial charge in [-0.2, -0.15) is 45.9 Å². The van der Waals surface area contributed by atoms with Crippen molar-refractivity contribution in [1.82, 2.24) is 48.8 Å². The van der Waals surface area contributed by atoms with Gasteiger partial charge in [0.05, 0.1) is 0 Å². The van der Waals surface area contributed by atoms with Gasteiger partial charge in [-0.1, -0.05) is 115 Å². The molecule has 0 atom stereocenters. The van der Waals surface area contributed by atoms with Gasteiger partial charge >= 0.3 is 38.8 Å². The molecule has 0 saturated heterocycles. The molecule has 674 valence electrons. The van der Waals surface area contributed by atoms with Gasteiger partial charge in [-0.25, -0.2) is 80.4 Å².